The Labute approximate surface area is 128 Å². The lowest BCUT2D eigenvalue weighted by Gasteiger charge is -2.18. The van der Waals surface area contributed by atoms with Crippen LogP contribution in [0.3, 0.4) is 0 Å². The molecule has 1 aromatic rings. The van der Waals surface area contributed by atoms with Gasteiger partial charge in [0.2, 0.25) is 0 Å². The van der Waals surface area contributed by atoms with Crippen LogP contribution in [0, 0.1) is 5.92 Å². The molecule has 0 radical (unpaired) electrons. The van der Waals surface area contributed by atoms with Gasteiger partial charge in [0.05, 0.1) is 6.61 Å². The highest BCUT2D eigenvalue weighted by atomic mass is 35.5. The zero-order chi connectivity index (χ0) is 15.0. The third kappa shape index (κ3) is 6.15. The van der Waals surface area contributed by atoms with E-state index in [1.54, 1.807) is 0 Å². The van der Waals surface area contributed by atoms with E-state index >= 15 is 0 Å². The van der Waals surface area contributed by atoms with Gasteiger partial charge in [-0.3, -0.25) is 0 Å². The van der Waals surface area contributed by atoms with E-state index in [4.69, 9.17) is 22.1 Å². The van der Waals surface area contributed by atoms with Gasteiger partial charge in [-0.25, -0.2) is 0 Å². The van der Waals surface area contributed by atoms with Gasteiger partial charge in [-0.2, -0.15) is 0 Å². The summed E-state index contributed by atoms with van der Waals surface area (Å²) in [7, 11) is 0. The van der Waals surface area contributed by atoms with Gasteiger partial charge < -0.3 is 10.5 Å². The summed E-state index contributed by atoms with van der Waals surface area (Å²) in [5.41, 5.74) is 7.00. The van der Waals surface area contributed by atoms with Gasteiger partial charge >= 0.3 is 0 Å². The first kappa shape index (κ1) is 17.3. The smallest absolute Gasteiger partial charge is 0.122 e. The average Bonchev–Trinajstić information content (AvgIpc) is 2.40. The van der Waals surface area contributed by atoms with Crippen molar-refractivity contribution in [1.29, 1.82) is 0 Å². The minimum Gasteiger partial charge on any atom is -0.493 e. The molecule has 0 amide bonds. The summed E-state index contributed by atoms with van der Waals surface area (Å²) in [6.07, 6.45) is 5.71. The fourth-order valence-electron chi connectivity index (χ4n) is 2.30. The largest absolute Gasteiger partial charge is 0.493 e. The molecule has 0 bridgehead atoms. The maximum Gasteiger partial charge on any atom is 0.122 e. The Morgan fingerprint density at radius 1 is 1.30 bits per heavy atom. The van der Waals surface area contributed by atoms with Crippen LogP contribution in [0.2, 0.25) is 5.02 Å². The Morgan fingerprint density at radius 2 is 2.05 bits per heavy atom. The lowest BCUT2D eigenvalue weighted by atomic mass is 10.0. The number of benzene rings is 1. The van der Waals surface area contributed by atoms with Crippen LogP contribution >= 0.6 is 11.6 Å². The SMILES string of the molecule is CCCCC(CC)COc1ccc(Cl)cc1CC(C)N. The molecule has 2 N–H and O–H groups in total. The van der Waals surface area contributed by atoms with Gasteiger partial charge in [0, 0.05) is 11.1 Å². The molecule has 0 aliphatic rings. The van der Waals surface area contributed by atoms with Crippen molar-refractivity contribution < 1.29 is 4.74 Å². The highest BCUT2D eigenvalue weighted by molar-refractivity contribution is 6.30. The summed E-state index contributed by atoms with van der Waals surface area (Å²) < 4.78 is 6.03. The van der Waals surface area contributed by atoms with E-state index in [2.05, 4.69) is 13.8 Å². The van der Waals surface area contributed by atoms with Gasteiger partial charge in [-0.1, -0.05) is 44.7 Å². The van der Waals surface area contributed by atoms with Crippen molar-refractivity contribution >= 4 is 11.6 Å². The zero-order valence-corrected chi connectivity index (χ0v) is 13.7. The van der Waals surface area contributed by atoms with Crippen LogP contribution in [0.1, 0.15) is 52.0 Å². The normalized spacial score (nSPS) is 14.1. The number of unbranched alkanes of at least 4 members (excludes halogenated alkanes) is 1. The summed E-state index contributed by atoms with van der Waals surface area (Å²) >= 11 is 6.06. The molecule has 0 saturated heterocycles. The molecule has 0 heterocycles. The van der Waals surface area contributed by atoms with Gasteiger partial charge in [0.25, 0.3) is 0 Å². The van der Waals surface area contributed by atoms with Crippen LogP contribution < -0.4 is 10.5 Å². The first-order valence-electron chi connectivity index (χ1n) is 7.73. The quantitative estimate of drug-likeness (QED) is 0.709. The van der Waals surface area contributed by atoms with Crippen molar-refractivity contribution in [2.45, 2.75) is 58.9 Å². The van der Waals surface area contributed by atoms with Crippen molar-refractivity contribution in [2.24, 2.45) is 11.7 Å². The van der Waals surface area contributed by atoms with Gasteiger partial charge in [-0.05, 0) is 49.4 Å². The summed E-state index contributed by atoms with van der Waals surface area (Å²) in [6.45, 7) is 7.24. The molecule has 2 unspecified atom stereocenters. The third-order valence-electron chi connectivity index (χ3n) is 3.58. The van der Waals surface area contributed by atoms with Crippen LogP contribution in [0.25, 0.3) is 0 Å². The predicted molar refractivity (Wildman–Crippen MR) is 87.6 cm³/mol. The van der Waals surface area contributed by atoms with Crippen LogP contribution in [0.15, 0.2) is 18.2 Å². The van der Waals surface area contributed by atoms with E-state index in [0.29, 0.717) is 5.92 Å². The second-order valence-corrected chi connectivity index (χ2v) is 6.10. The van der Waals surface area contributed by atoms with Crippen LogP contribution in [-0.2, 0) is 6.42 Å². The fraction of sp³-hybridized carbons (Fsp3) is 0.647. The molecule has 0 aromatic heterocycles. The standard InChI is InChI=1S/C17H28ClNO/c1-4-6-7-14(5-2)12-20-17-9-8-16(18)11-15(17)10-13(3)19/h8-9,11,13-14H,4-7,10,12,19H2,1-3H3. The Balaban J connectivity index is 2.65. The molecular weight excluding hydrogens is 270 g/mol. The number of halogens is 1. The van der Waals surface area contributed by atoms with E-state index in [-0.39, 0.29) is 6.04 Å². The molecule has 0 spiro atoms. The van der Waals surface area contributed by atoms with Crippen molar-refractivity contribution in [3.8, 4) is 5.75 Å². The number of ether oxygens (including phenoxy) is 1. The summed E-state index contributed by atoms with van der Waals surface area (Å²) in [6, 6.07) is 5.92. The molecule has 3 heteroatoms. The molecular formula is C17H28ClNO. The summed E-state index contributed by atoms with van der Waals surface area (Å²) in [4.78, 5) is 0. The lowest BCUT2D eigenvalue weighted by Crippen LogP contribution is -2.19. The highest BCUT2D eigenvalue weighted by Crippen LogP contribution is 2.25. The predicted octanol–water partition coefficient (Wildman–Crippen LogP) is 4.82. The molecule has 0 fully saturated rings. The Hall–Kier alpha value is -0.730. The fourth-order valence-corrected chi connectivity index (χ4v) is 2.50. The summed E-state index contributed by atoms with van der Waals surface area (Å²) in [5.74, 6) is 1.57. The molecule has 2 atom stereocenters. The van der Waals surface area contributed by atoms with E-state index in [1.165, 1.54) is 19.3 Å². The van der Waals surface area contributed by atoms with E-state index in [0.717, 1.165) is 35.8 Å². The maximum atomic E-state index is 6.06. The Bertz CT molecular complexity index is 393. The minimum atomic E-state index is 0.109. The molecule has 1 rings (SSSR count). The van der Waals surface area contributed by atoms with E-state index in [9.17, 15) is 0 Å². The highest BCUT2D eigenvalue weighted by Gasteiger charge is 2.11. The number of hydrogen-bond acceptors (Lipinski definition) is 2. The average molecular weight is 298 g/mol. The van der Waals surface area contributed by atoms with Crippen molar-refractivity contribution in [1.82, 2.24) is 0 Å². The van der Waals surface area contributed by atoms with Crippen molar-refractivity contribution in [3.05, 3.63) is 28.8 Å². The van der Waals surface area contributed by atoms with E-state index < -0.39 is 0 Å². The topological polar surface area (TPSA) is 35.2 Å². The van der Waals surface area contributed by atoms with E-state index in [1.807, 2.05) is 25.1 Å². The monoisotopic (exact) mass is 297 g/mol. The molecule has 2 nitrogen and oxygen atoms in total. The second-order valence-electron chi connectivity index (χ2n) is 5.66. The third-order valence-corrected chi connectivity index (χ3v) is 3.82. The Morgan fingerprint density at radius 3 is 2.65 bits per heavy atom. The van der Waals surface area contributed by atoms with Gasteiger partial charge in [0.1, 0.15) is 5.75 Å². The number of rotatable bonds is 9. The molecule has 20 heavy (non-hydrogen) atoms. The van der Waals surface area contributed by atoms with Crippen molar-refractivity contribution in [2.75, 3.05) is 6.61 Å². The molecule has 0 saturated carbocycles. The van der Waals surface area contributed by atoms with Crippen LogP contribution in [-0.4, -0.2) is 12.6 Å². The Kier molecular flexibility index (Phi) is 8.01. The molecule has 1 aromatic carbocycles. The minimum absolute atomic E-state index is 0.109. The molecule has 114 valence electrons. The molecule has 0 aliphatic heterocycles. The zero-order valence-electron chi connectivity index (χ0n) is 13.0. The number of nitrogens with two attached hydrogens (primary N) is 1. The van der Waals surface area contributed by atoms with Crippen molar-refractivity contribution in [3.63, 3.8) is 0 Å². The molecule has 0 aliphatic carbocycles. The van der Waals surface area contributed by atoms with Gasteiger partial charge in [0.15, 0.2) is 0 Å². The number of hydrogen-bond donors (Lipinski definition) is 1. The maximum absolute atomic E-state index is 6.06. The van der Waals surface area contributed by atoms with Gasteiger partial charge in [-0.15, -0.1) is 0 Å². The summed E-state index contributed by atoms with van der Waals surface area (Å²) in [5, 5.41) is 0.742. The first-order valence-corrected chi connectivity index (χ1v) is 8.11. The van der Waals surface area contributed by atoms with Crippen LogP contribution in [0.5, 0.6) is 5.75 Å². The van der Waals surface area contributed by atoms with Crippen LogP contribution in [0.4, 0.5) is 0 Å². The first-order chi connectivity index (χ1) is 9.56. The second kappa shape index (κ2) is 9.25. The lowest BCUT2D eigenvalue weighted by molar-refractivity contribution is 0.231.